The molecule has 0 spiro atoms. The molecular weight excluding hydrogens is 254 g/mol. The molecule has 0 saturated carbocycles. The standard InChI is InChI=1S/C15H23N3S/c1-19-10-5-3-2-4-8-16-11-13-12-18-15-14(13)7-6-9-17-15/h6-7,9,12,16H,2-5,8,10-11H2,1H3,(H,17,18). The molecule has 0 aliphatic carbocycles. The monoisotopic (exact) mass is 277 g/mol. The Kier molecular flexibility index (Phi) is 6.24. The zero-order valence-corrected chi connectivity index (χ0v) is 12.4. The molecule has 0 saturated heterocycles. The number of hydrogen-bond acceptors (Lipinski definition) is 3. The first-order valence-corrected chi connectivity index (χ1v) is 8.42. The van der Waals surface area contributed by atoms with Gasteiger partial charge in [0, 0.05) is 24.3 Å². The normalized spacial score (nSPS) is 11.2. The molecule has 2 aromatic heterocycles. The van der Waals surface area contributed by atoms with Gasteiger partial charge in [-0.05, 0) is 49.1 Å². The van der Waals surface area contributed by atoms with Crippen LogP contribution in [0, 0.1) is 0 Å². The van der Waals surface area contributed by atoms with Crippen LogP contribution in [0.4, 0.5) is 0 Å². The Morgan fingerprint density at radius 2 is 2.16 bits per heavy atom. The number of thioether (sulfide) groups is 1. The van der Waals surface area contributed by atoms with E-state index >= 15 is 0 Å². The maximum absolute atomic E-state index is 4.30. The molecule has 104 valence electrons. The molecular formula is C15H23N3S. The lowest BCUT2D eigenvalue weighted by Gasteiger charge is -2.04. The highest BCUT2D eigenvalue weighted by Crippen LogP contribution is 2.15. The summed E-state index contributed by atoms with van der Waals surface area (Å²) >= 11 is 1.94. The third-order valence-electron chi connectivity index (χ3n) is 3.30. The summed E-state index contributed by atoms with van der Waals surface area (Å²) in [5.41, 5.74) is 2.29. The van der Waals surface area contributed by atoms with Crippen molar-refractivity contribution in [3.8, 4) is 0 Å². The van der Waals surface area contributed by atoms with E-state index in [2.05, 4.69) is 33.8 Å². The van der Waals surface area contributed by atoms with Gasteiger partial charge in [0.1, 0.15) is 5.65 Å². The van der Waals surface area contributed by atoms with Crippen LogP contribution in [0.5, 0.6) is 0 Å². The zero-order valence-electron chi connectivity index (χ0n) is 11.6. The van der Waals surface area contributed by atoms with Crippen molar-refractivity contribution in [1.29, 1.82) is 0 Å². The molecule has 0 amide bonds. The molecule has 0 radical (unpaired) electrons. The van der Waals surface area contributed by atoms with Gasteiger partial charge in [0.15, 0.2) is 0 Å². The predicted molar refractivity (Wildman–Crippen MR) is 84.7 cm³/mol. The number of aromatic amines is 1. The Hall–Kier alpha value is -1.00. The number of nitrogens with zero attached hydrogens (tertiary/aromatic N) is 1. The lowest BCUT2D eigenvalue weighted by atomic mass is 10.2. The summed E-state index contributed by atoms with van der Waals surface area (Å²) < 4.78 is 0. The molecule has 0 unspecified atom stereocenters. The number of pyridine rings is 1. The lowest BCUT2D eigenvalue weighted by Crippen LogP contribution is -2.14. The molecule has 2 heterocycles. The van der Waals surface area contributed by atoms with Crippen LogP contribution >= 0.6 is 11.8 Å². The second kappa shape index (κ2) is 8.23. The summed E-state index contributed by atoms with van der Waals surface area (Å²) in [6.07, 6.45) is 11.4. The highest BCUT2D eigenvalue weighted by molar-refractivity contribution is 7.98. The first-order valence-electron chi connectivity index (χ1n) is 7.02. The van der Waals surface area contributed by atoms with Crippen molar-refractivity contribution in [3.05, 3.63) is 30.1 Å². The minimum absolute atomic E-state index is 0.927. The van der Waals surface area contributed by atoms with Crippen LogP contribution in [-0.2, 0) is 6.54 Å². The Balaban J connectivity index is 1.63. The smallest absolute Gasteiger partial charge is 0.137 e. The molecule has 19 heavy (non-hydrogen) atoms. The summed E-state index contributed by atoms with van der Waals surface area (Å²) in [7, 11) is 0. The highest BCUT2D eigenvalue weighted by Gasteiger charge is 2.02. The van der Waals surface area contributed by atoms with Gasteiger partial charge in [-0.1, -0.05) is 12.8 Å². The van der Waals surface area contributed by atoms with Gasteiger partial charge < -0.3 is 10.3 Å². The number of aromatic nitrogens is 2. The number of fused-ring (bicyclic) bond motifs is 1. The molecule has 0 fully saturated rings. The number of H-pyrrole nitrogens is 1. The van der Waals surface area contributed by atoms with Gasteiger partial charge in [-0.2, -0.15) is 11.8 Å². The Morgan fingerprint density at radius 1 is 1.26 bits per heavy atom. The first-order chi connectivity index (χ1) is 9.42. The maximum atomic E-state index is 4.30. The summed E-state index contributed by atoms with van der Waals surface area (Å²) in [5, 5.41) is 4.75. The fraction of sp³-hybridized carbons (Fsp3) is 0.533. The van der Waals surface area contributed by atoms with Gasteiger partial charge in [-0.25, -0.2) is 4.98 Å². The van der Waals surface area contributed by atoms with Crippen LogP contribution in [0.2, 0.25) is 0 Å². The van der Waals surface area contributed by atoms with E-state index < -0.39 is 0 Å². The van der Waals surface area contributed by atoms with Gasteiger partial charge >= 0.3 is 0 Å². The van der Waals surface area contributed by atoms with Crippen molar-refractivity contribution in [3.63, 3.8) is 0 Å². The second-order valence-electron chi connectivity index (χ2n) is 4.80. The van der Waals surface area contributed by atoms with E-state index in [1.54, 1.807) is 0 Å². The largest absolute Gasteiger partial charge is 0.346 e. The number of unbranched alkanes of at least 4 members (excludes halogenated alkanes) is 3. The van der Waals surface area contributed by atoms with Crippen LogP contribution in [0.1, 0.15) is 31.2 Å². The molecule has 2 rings (SSSR count). The summed E-state index contributed by atoms with van der Waals surface area (Å²) in [5.74, 6) is 1.30. The van der Waals surface area contributed by atoms with Crippen LogP contribution in [0.15, 0.2) is 24.5 Å². The fourth-order valence-electron chi connectivity index (χ4n) is 2.23. The summed E-state index contributed by atoms with van der Waals surface area (Å²) in [6, 6.07) is 4.11. The van der Waals surface area contributed by atoms with Crippen LogP contribution in [0.25, 0.3) is 11.0 Å². The van der Waals surface area contributed by atoms with Gasteiger partial charge in [-0.15, -0.1) is 0 Å². The van der Waals surface area contributed by atoms with Gasteiger partial charge in [0.25, 0.3) is 0 Å². The number of nitrogens with one attached hydrogen (secondary N) is 2. The van der Waals surface area contributed by atoms with E-state index in [-0.39, 0.29) is 0 Å². The van der Waals surface area contributed by atoms with Crippen molar-refractivity contribution in [2.75, 3.05) is 18.6 Å². The third-order valence-corrected chi connectivity index (χ3v) is 4.00. The van der Waals surface area contributed by atoms with Gasteiger partial charge in [-0.3, -0.25) is 0 Å². The predicted octanol–water partition coefficient (Wildman–Crippen LogP) is 3.58. The van der Waals surface area contributed by atoms with Crippen LogP contribution in [-0.4, -0.2) is 28.5 Å². The average Bonchev–Trinajstić information content (AvgIpc) is 2.85. The minimum atomic E-state index is 0.927. The molecule has 2 N–H and O–H groups in total. The Labute approximate surface area is 119 Å². The first kappa shape index (κ1) is 14.4. The Morgan fingerprint density at radius 3 is 3.05 bits per heavy atom. The molecule has 2 aromatic rings. The lowest BCUT2D eigenvalue weighted by molar-refractivity contribution is 0.600. The molecule has 0 aliphatic rings. The van der Waals surface area contributed by atoms with E-state index in [4.69, 9.17) is 0 Å². The third kappa shape index (κ3) is 4.55. The maximum Gasteiger partial charge on any atom is 0.137 e. The van der Waals surface area contributed by atoms with E-state index in [0.29, 0.717) is 0 Å². The summed E-state index contributed by atoms with van der Waals surface area (Å²) in [4.78, 5) is 7.51. The minimum Gasteiger partial charge on any atom is -0.346 e. The average molecular weight is 277 g/mol. The zero-order chi connectivity index (χ0) is 13.3. The van der Waals surface area contributed by atoms with Crippen molar-refractivity contribution >= 4 is 22.8 Å². The molecule has 0 aliphatic heterocycles. The van der Waals surface area contributed by atoms with Crippen LogP contribution in [0.3, 0.4) is 0 Å². The van der Waals surface area contributed by atoms with E-state index in [0.717, 1.165) is 18.7 Å². The van der Waals surface area contributed by atoms with Crippen molar-refractivity contribution in [2.24, 2.45) is 0 Å². The highest BCUT2D eigenvalue weighted by atomic mass is 32.2. The van der Waals surface area contributed by atoms with Gasteiger partial charge in [0.05, 0.1) is 0 Å². The number of rotatable bonds is 9. The second-order valence-corrected chi connectivity index (χ2v) is 5.78. The van der Waals surface area contributed by atoms with E-state index in [1.165, 1.54) is 42.4 Å². The SMILES string of the molecule is CSCCCCCCNCc1c[nH]c2ncccc12. The van der Waals surface area contributed by atoms with E-state index in [1.807, 2.05) is 24.0 Å². The summed E-state index contributed by atoms with van der Waals surface area (Å²) in [6.45, 7) is 2.03. The fourth-order valence-corrected chi connectivity index (χ4v) is 2.72. The molecule has 0 atom stereocenters. The molecule has 0 aromatic carbocycles. The van der Waals surface area contributed by atoms with Gasteiger partial charge in [0.2, 0.25) is 0 Å². The Bertz CT molecular complexity index is 481. The quantitative estimate of drug-likeness (QED) is 0.688. The molecule has 3 nitrogen and oxygen atoms in total. The van der Waals surface area contributed by atoms with E-state index in [9.17, 15) is 0 Å². The van der Waals surface area contributed by atoms with Crippen LogP contribution < -0.4 is 5.32 Å². The topological polar surface area (TPSA) is 40.7 Å². The molecule has 0 bridgehead atoms. The van der Waals surface area contributed by atoms with Crippen molar-refractivity contribution < 1.29 is 0 Å². The number of hydrogen-bond donors (Lipinski definition) is 2. The van der Waals surface area contributed by atoms with Crippen molar-refractivity contribution in [2.45, 2.75) is 32.2 Å². The van der Waals surface area contributed by atoms with Crippen molar-refractivity contribution in [1.82, 2.24) is 15.3 Å². The molecule has 4 heteroatoms.